The Kier molecular flexibility index (Phi) is 4.75. The van der Waals surface area contributed by atoms with E-state index >= 15 is 0 Å². The number of carbonyl (C=O) groups is 2. The van der Waals surface area contributed by atoms with Gasteiger partial charge < -0.3 is 14.7 Å². The van der Waals surface area contributed by atoms with E-state index < -0.39 is 22.2 Å². The summed E-state index contributed by atoms with van der Waals surface area (Å²) in [4.78, 5) is 32.9. The molecule has 1 heterocycles. The number of fused-ring (bicyclic) bond motifs is 2. The zero-order valence-electron chi connectivity index (χ0n) is 20.4. The van der Waals surface area contributed by atoms with Crippen LogP contribution in [0.5, 0.6) is 0 Å². The third-order valence-electron chi connectivity index (χ3n) is 11.3. The van der Waals surface area contributed by atoms with Gasteiger partial charge in [0, 0.05) is 11.8 Å². The number of hydrogen-bond acceptors (Lipinski definition) is 4. The number of rotatable bonds is 5. The third kappa shape index (κ3) is 2.37. The molecule has 0 amide bonds. The fourth-order valence-electron chi connectivity index (χ4n) is 10.1. The van der Waals surface area contributed by atoms with Crippen LogP contribution >= 0.6 is 0 Å². The molecule has 8 atom stereocenters. The summed E-state index contributed by atoms with van der Waals surface area (Å²) in [6.07, 6.45) is 13.9. The van der Waals surface area contributed by atoms with Crippen molar-refractivity contribution in [3.05, 3.63) is 11.6 Å². The predicted octanol–water partition coefficient (Wildman–Crippen LogP) is 5.64. The van der Waals surface area contributed by atoms with E-state index in [4.69, 9.17) is 9.99 Å². The monoisotopic (exact) mass is 453 g/mol. The predicted molar refractivity (Wildman–Crippen MR) is 126 cm³/mol. The first-order chi connectivity index (χ1) is 15.8. The number of carbonyl (C=O) groups excluding carboxylic acids is 1. The van der Waals surface area contributed by atoms with Crippen LogP contribution < -0.4 is 0 Å². The van der Waals surface area contributed by atoms with Crippen LogP contribution in [-0.2, 0) is 14.4 Å². The quantitative estimate of drug-likeness (QED) is 0.432. The number of carboxylic acid groups (broad SMARTS) is 1. The van der Waals surface area contributed by atoms with Crippen LogP contribution in [0.1, 0.15) is 85.0 Å². The van der Waals surface area contributed by atoms with E-state index in [0.29, 0.717) is 24.2 Å². The van der Waals surface area contributed by atoms with Crippen molar-refractivity contribution in [1.82, 2.24) is 0 Å². The van der Waals surface area contributed by atoms with Gasteiger partial charge in [-0.3, -0.25) is 4.79 Å². The highest BCUT2D eigenvalue weighted by Gasteiger charge is 2.85. The largest absolute Gasteiger partial charge is 0.481 e. The van der Waals surface area contributed by atoms with E-state index in [1.54, 1.807) is 0 Å². The lowest BCUT2D eigenvalue weighted by Crippen LogP contribution is -2.64. The van der Waals surface area contributed by atoms with E-state index in [9.17, 15) is 14.7 Å². The first kappa shape index (κ1) is 21.9. The molecule has 33 heavy (non-hydrogen) atoms. The molecule has 0 saturated heterocycles. The van der Waals surface area contributed by atoms with Crippen molar-refractivity contribution < 1.29 is 19.5 Å². The van der Waals surface area contributed by atoms with Crippen LogP contribution in [0.2, 0.25) is 0 Å². The molecule has 5 nitrogen and oxygen atoms in total. The highest BCUT2D eigenvalue weighted by Crippen LogP contribution is 2.83. The third-order valence-corrected chi connectivity index (χ3v) is 11.3. The minimum atomic E-state index is -1.17. The number of allylic oxidation sites excluding steroid dienone is 1. The van der Waals surface area contributed by atoms with Gasteiger partial charge in [-0.2, -0.15) is 0 Å². The molecule has 1 unspecified atom stereocenters. The molecule has 0 radical (unpaired) electrons. The molecule has 5 aliphatic carbocycles. The molecule has 4 saturated carbocycles. The van der Waals surface area contributed by atoms with Gasteiger partial charge in [-0.25, -0.2) is 0 Å². The summed E-state index contributed by atoms with van der Waals surface area (Å²) < 4.78 is 0. The highest BCUT2D eigenvalue weighted by atomic mass is 16.6. The fourth-order valence-corrected chi connectivity index (χ4v) is 10.1. The molecule has 0 aromatic carbocycles. The Morgan fingerprint density at radius 1 is 1.18 bits per heavy atom. The second kappa shape index (κ2) is 7.18. The van der Waals surface area contributed by atoms with Gasteiger partial charge in [-0.05, 0) is 67.6 Å². The Morgan fingerprint density at radius 3 is 2.61 bits per heavy atom. The second-order valence-electron chi connectivity index (χ2n) is 12.6. The SMILES string of the molecule is CC(C)C1=C[C@H]2C[C@]3(C=O)[C@@H]4CC[C@@H](C)[C@H]4C[C@@]2(C2=NOC(C4CCCCC4)C2)[C@]13C(=O)O. The van der Waals surface area contributed by atoms with Gasteiger partial charge in [-0.1, -0.05) is 63.3 Å². The first-order valence-corrected chi connectivity index (χ1v) is 13.5. The molecular weight excluding hydrogens is 414 g/mol. The maximum atomic E-state index is 13.6. The number of carboxylic acids is 1. The van der Waals surface area contributed by atoms with Crippen molar-refractivity contribution in [2.75, 3.05) is 0 Å². The standard InChI is InChI=1S/C28H39NO4/c1-16(2)22-11-19-13-26(15-30)21-10-9-17(3)20(21)14-27(19,28(22,26)25(31)32)24-12-23(33-29-24)18-7-5-4-6-8-18/h11,15-21,23H,4-10,12-14H2,1-3H3,(H,31,32)/t17-,19+,20-,21-,23?,26+,27-,28+/m1/s1. The summed E-state index contributed by atoms with van der Waals surface area (Å²) in [6.45, 7) is 6.52. The van der Waals surface area contributed by atoms with E-state index in [2.05, 4.69) is 26.8 Å². The van der Waals surface area contributed by atoms with Gasteiger partial charge in [0.15, 0.2) is 0 Å². The van der Waals surface area contributed by atoms with Crippen LogP contribution in [0.3, 0.4) is 0 Å². The molecule has 180 valence electrons. The second-order valence-corrected chi connectivity index (χ2v) is 12.6. The zero-order chi connectivity index (χ0) is 23.2. The van der Waals surface area contributed by atoms with E-state index in [0.717, 1.165) is 43.3 Å². The van der Waals surface area contributed by atoms with Crippen LogP contribution in [0.25, 0.3) is 0 Å². The van der Waals surface area contributed by atoms with Crippen LogP contribution in [0.15, 0.2) is 16.8 Å². The maximum Gasteiger partial charge on any atom is 0.315 e. The molecule has 0 aromatic rings. The maximum absolute atomic E-state index is 13.6. The van der Waals surface area contributed by atoms with Crippen LogP contribution in [-0.4, -0.2) is 29.2 Å². The molecule has 4 bridgehead atoms. The van der Waals surface area contributed by atoms with E-state index in [-0.39, 0.29) is 23.9 Å². The van der Waals surface area contributed by atoms with Crippen LogP contribution in [0.4, 0.5) is 0 Å². The molecule has 4 fully saturated rings. The van der Waals surface area contributed by atoms with Gasteiger partial charge in [0.2, 0.25) is 0 Å². The molecule has 0 aromatic heterocycles. The van der Waals surface area contributed by atoms with Gasteiger partial charge in [0.1, 0.15) is 17.8 Å². The van der Waals surface area contributed by atoms with Crippen molar-refractivity contribution in [3.63, 3.8) is 0 Å². The van der Waals surface area contributed by atoms with E-state index in [1.165, 1.54) is 32.1 Å². The number of aliphatic carboxylic acids is 1. The average Bonchev–Trinajstić information content (AvgIpc) is 3.54. The molecule has 0 spiro atoms. The van der Waals surface area contributed by atoms with E-state index in [1.807, 2.05) is 0 Å². The Labute approximate surface area is 197 Å². The smallest absolute Gasteiger partial charge is 0.315 e. The summed E-state index contributed by atoms with van der Waals surface area (Å²) in [7, 11) is 0. The minimum absolute atomic E-state index is 0.0708. The van der Waals surface area contributed by atoms with Crippen molar-refractivity contribution in [2.24, 2.45) is 56.9 Å². The normalized spacial score (nSPS) is 48.4. The Morgan fingerprint density at radius 2 is 1.94 bits per heavy atom. The van der Waals surface area contributed by atoms with Crippen molar-refractivity contribution in [1.29, 1.82) is 0 Å². The van der Waals surface area contributed by atoms with Crippen molar-refractivity contribution in [2.45, 2.75) is 91.1 Å². The number of oxime groups is 1. The topological polar surface area (TPSA) is 76.0 Å². The highest BCUT2D eigenvalue weighted by molar-refractivity contribution is 6.03. The molecule has 1 aliphatic heterocycles. The molecular formula is C28H39NO4. The number of nitrogens with zero attached hydrogens (tertiary/aromatic N) is 1. The summed E-state index contributed by atoms with van der Waals surface area (Å²) in [5.41, 5.74) is -0.645. The Bertz CT molecular complexity index is 932. The first-order valence-electron chi connectivity index (χ1n) is 13.5. The lowest BCUT2D eigenvalue weighted by atomic mass is 9.41. The Balaban J connectivity index is 1.50. The van der Waals surface area contributed by atoms with Gasteiger partial charge >= 0.3 is 5.97 Å². The summed E-state index contributed by atoms with van der Waals surface area (Å²) in [5.74, 6) is 0.973. The minimum Gasteiger partial charge on any atom is -0.481 e. The summed E-state index contributed by atoms with van der Waals surface area (Å²) >= 11 is 0. The summed E-state index contributed by atoms with van der Waals surface area (Å²) in [5, 5.41) is 15.9. The molecule has 1 N–H and O–H groups in total. The molecule has 5 heteroatoms. The van der Waals surface area contributed by atoms with Crippen LogP contribution in [0, 0.1) is 51.8 Å². The lowest BCUT2D eigenvalue weighted by molar-refractivity contribution is -0.173. The lowest BCUT2D eigenvalue weighted by Gasteiger charge is -2.58. The zero-order valence-corrected chi connectivity index (χ0v) is 20.4. The van der Waals surface area contributed by atoms with Gasteiger partial charge in [0.25, 0.3) is 0 Å². The number of aldehydes is 1. The van der Waals surface area contributed by atoms with Gasteiger partial charge in [0.05, 0.1) is 11.1 Å². The Hall–Kier alpha value is -1.65. The van der Waals surface area contributed by atoms with Gasteiger partial charge in [-0.15, -0.1) is 0 Å². The number of hydrogen-bond donors (Lipinski definition) is 1. The van der Waals surface area contributed by atoms with Crippen molar-refractivity contribution >= 4 is 18.0 Å². The average molecular weight is 454 g/mol. The molecule has 6 rings (SSSR count). The summed E-state index contributed by atoms with van der Waals surface area (Å²) in [6, 6.07) is 0. The fraction of sp³-hybridized carbons (Fsp3) is 0.821. The molecule has 6 aliphatic rings. The van der Waals surface area contributed by atoms with Crippen molar-refractivity contribution in [3.8, 4) is 0 Å².